The van der Waals surface area contributed by atoms with Crippen molar-refractivity contribution in [3.05, 3.63) is 0 Å². The van der Waals surface area contributed by atoms with E-state index in [4.69, 9.17) is 0 Å². The van der Waals surface area contributed by atoms with Gasteiger partial charge in [-0.15, -0.1) is 0 Å². The van der Waals surface area contributed by atoms with Crippen molar-refractivity contribution in [2.24, 2.45) is 5.92 Å². The first-order chi connectivity index (χ1) is 9.96. The summed E-state index contributed by atoms with van der Waals surface area (Å²) in [5.41, 5.74) is 0. The fourth-order valence-electron chi connectivity index (χ4n) is 2.65. The molecular formula is C15H29N3O3. The maximum absolute atomic E-state index is 12.3. The lowest BCUT2D eigenvalue weighted by molar-refractivity contribution is -0.137. The molecule has 2 N–H and O–H groups in total. The SMILES string of the molecule is CCN(CC(=O)NC(C)C)C(=O)CN1CCCC(CO)C1. The van der Waals surface area contributed by atoms with Crippen molar-refractivity contribution in [1.82, 2.24) is 15.1 Å². The normalized spacial score (nSPS) is 19.6. The number of aliphatic hydroxyl groups is 1. The van der Waals surface area contributed by atoms with Gasteiger partial charge in [0.2, 0.25) is 11.8 Å². The average molecular weight is 299 g/mol. The number of hydrogen-bond donors (Lipinski definition) is 2. The van der Waals surface area contributed by atoms with E-state index in [2.05, 4.69) is 10.2 Å². The fourth-order valence-corrected chi connectivity index (χ4v) is 2.65. The second kappa shape index (κ2) is 9.00. The number of likely N-dealkylation sites (N-methyl/N-ethyl adjacent to an activating group) is 1. The second-order valence-electron chi connectivity index (χ2n) is 6.06. The molecule has 1 rings (SSSR count). The third-order valence-electron chi connectivity index (χ3n) is 3.74. The van der Waals surface area contributed by atoms with Gasteiger partial charge in [0.25, 0.3) is 0 Å². The number of hydrogen-bond acceptors (Lipinski definition) is 4. The summed E-state index contributed by atoms with van der Waals surface area (Å²) in [5.74, 6) is 0.132. The largest absolute Gasteiger partial charge is 0.396 e. The molecule has 0 aromatic heterocycles. The number of aliphatic hydroxyl groups excluding tert-OH is 1. The summed E-state index contributed by atoms with van der Waals surface area (Å²) >= 11 is 0. The van der Waals surface area contributed by atoms with Gasteiger partial charge in [-0.1, -0.05) is 0 Å². The molecule has 0 saturated carbocycles. The van der Waals surface area contributed by atoms with Crippen LogP contribution in [0.3, 0.4) is 0 Å². The predicted octanol–water partition coefficient (Wildman–Crippen LogP) is 0.0638. The average Bonchev–Trinajstić information content (AvgIpc) is 2.44. The third kappa shape index (κ3) is 6.44. The highest BCUT2D eigenvalue weighted by Gasteiger charge is 2.23. The molecule has 1 aliphatic rings. The van der Waals surface area contributed by atoms with E-state index >= 15 is 0 Å². The molecule has 6 nitrogen and oxygen atoms in total. The molecule has 0 aliphatic carbocycles. The quantitative estimate of drug-likeness (QED) is 0.697. The topological polar surface area (TPSA) is 72.9 Å². The molecule has 1 heterocycles. The Hall–Kier alpha value is -1.14. The lowest BCUT2D eigenvalue weighted by Gasteiger charge is -2.32. The van der Waals surface area contributed by atoms with Gasteiger partial charge in [0.05, 0.1) is 13.1 Å². The van der Waals surface area contributed by atoms with E-state index in [0.717, 1.165) is 25.9 Å². The van der Waals surface area contributed by atoms with Crippen LogP contribution in [0.25, 0.3) is 0 Å². The zero-order chi connectivity index (χ0) is 15.8. The number of amides is 2. The Morgan fingerprint density at radius 1 is 1.43 bits per heavy atom. The Balaban J connectivity index is 2.45. The highest BCUT2D eigenvalue weighted by molar-refractivity contribution is 5.85. The Labute approximate surface area is 127 Å². The standard InChI is InChI=1S/C15H29N3O3/c1-4-18(9-14(20)16-12(2)3)15(21)10-17-7-5-6-13(8-17)11-19/h12-13,19H,4-11H2,1-3H3,(H,16,20). The zero-order valence-electron chi connectivity index (χ0n) is 13.5. The van der Waals surface area contributed by atoms with Crippen molar-refractivity contribution in [3.8, 4) is 0 Å². The van der Waals surface area contributed by atoms with Crippen molar-refractivity contribution in [3.63, 3.8) is 0 Å². The maximum Gasteiger partial charge on any atom is 0.239 e. The first-order valence-electron chi connectivity index (χ1n) is 7.86. The predicted molar refractivity (Wildman–Crippen MR) is 81.8 cm³/mol. The van der Waals surface area contributed by atoms with Gasteiger partial charge in [-0.2, -0.15) is 0 Å². The van der Waals surface area contributed by atoms with Gasteiger partial charge in [0, 0.05) is 25.7 Å². The molecule has 0 aromatic rings. The van der Waals surface area contributed by atoms with Gasteiger partial charge in [-0.25, -0.2) is 0 Å². The lowest BCUT2D eigenvalue weighted by Crippen LogP contribution is -2.48. The summed E-state index contributed by atoms with van der Waals surface area (Å²) in [7, 11) is 0. The Morgan fingerprint density at radius 3 is 2.71 bits per heavy atom. The second-order valence-corrected chi connectivity index (χ2v) is 6.06. The Bertz CT molecular complexity index is 347. The van der Waals surface area contributed by atoms with Crippen LogP contribution in [-0.4, -0.2) is 72.1 Å². The Kier molecular flexibility index (Phi) is 7.67. The van der Waals surface area contributed by atoms with Crippen LogP contribution in [0.1, 0.15) is 33.6 Å². The third-order valence-corrected chi connectivity index (χ3v) is 3.74. The molecule has 1 fully saturated rings. The Morgan fingerprint density at radius 2 is 2.14 bits per heavy atom. The smallest absolute Gasteiger partial charge is 0.239 e. The summed E-state index contributed by atoms with van der Waals surface area (Å²) in [6, 6.07) is 0.0821. The van der Waals surface area contributed by atoms with Crippen LogP contribution in [0.5, 0.6) is 0 Å². The summed E-state index contributed by atoms with van der Waals surface area (Å²) < 4.78 is 0. The van der Waals surface area contributed by atoms with Crippen LogP contribution >= 0.6 is 0 Å². The van der Waals surface area contributed by atoms with Gasteiger partial charge >= 0.3 is 0 Å². The van der Waals surface area contributed by atoms with Gasteiger partial charge in [-0.05, 0) is 46.1 Å². The number of nitrogens with one attached hydrogen (secondary N) is 1. The minimum atomic E-state index is -0.118. The number of nitrogens with zero attached hydrogens (tertiary/aromatic N) is 2. The highest BCUT2D eigenvalue weighted by atomic mass is 16.3. The summed E-state index contributed by atoms with van der Waals surface area (Å²) in [6.45, 7) is 8.49. The molecule has 1 atom stereocenters. The van der Waals surface area contributed by atoms with Crippen molar-refractivity contribution in [2.45, 2.75) is 39.7 Å². The molecule has 0 bridgehead atoms. The van der Waals surface area contributed by atoms with Crippen LogP contribution in [0.2, 0.25) is 0 Å². The first-order valence-corrected chi connectivity index (χ1v) is 7.86. The van der Waals surface area contributed by atoms with Gasteiger partial charge in [0.1, 0.15) is 0 Å². The van der Waals surface area contributed by atoms with Gasteiger partial charge < -0.3 is 15.3 Å². The molecule has 21 heavy (non-hydrogen) atoms. The van der Waals surface area contributed by atoms with E-state index in [-0.39, 0.29) is 36.9 Å². The van der Waals surface area contributed by atoms with E-state index in [0.29, 0.717) is 13.1 Å². The van der Waals surface area contributed by atoms with Crippen LogP contribution in [-0.2, 0) is 9.59 Å². The van der Waals surface area contributed by atoms with E-state index < -0.39 is 0 Å². The highest BCUT2D eigenvalue weighted by Crippen LogP contribution is 2.15. The van der Waals surface area contributed by atoms with E-state index in [1.807, 2.05) is 20.8 Å². The van der Waals surface area contributed by atoms with Crippen LogP contribution < -0.4 is 5.32 Å². The van der Waals surface area contributed by atoms with Gasteiger partial charge in [-0.3, -0.25) is 14.5 Å². The van der Waals surface area contributed by atoms with Crippen molar-refractivity contribution < 1.29 is 14.7 Å². The van der Waals surface area contributed by atoms with Crippen molar-refractivity contribution in [1.29, 1.82) is 0 Å². The van der Waals surface area contributed by atoms with Crippen molar-refractivity contribution >= 4 is 11.8 Å². The van der Waals surface area contributed by atoms with Crippen LogP contribution in [0.4, 0.5) is 0 Å². The summed E-state index contributed by atoms with van der Waals surface area (Å²) in [5, 5.41) is 12.0. The zero-order valence-corrected chi connectivity index (χ0v) is 13.5. The molecular weight excluding hydrogens is 270 g/mol. The molecule has 6 heteroatoms. The minimum Gasteiger partial charge on any atom is -0.396 e. The number of carbonyl (C=O) groups is 2. The summed E-state index contributed by atoms with van der Waals surface area (Å²) in [6.07, 6.45) is 2.04. The molecule has 122 valence electrons. The van der Waals surface area contributed by atoms with E-state index in [1.165, 1.54) is 0 Å². The molecule has 1 unspecified atom stereocenters. The van der Waals surface area contributed by atoms with E-state index in [1.54, 1.807) is 4.90 Å². The number of carbonyl (C=O) groups excluding carboxylic acids is 2. The number of likely N-dealkylation sites (tertiary alicyclic amines) is 1. The number of piperidine rings is 1. The molecule has 0 spiro atoms. The molecule has 1 aliphatic heterocycles. The fraction of sp³-hybridized carbons (Fsp3) is 0.867. The first kappa shape index (κ1) is 17.9. The maximum atomic E-state index is 12.3. The molecule has 1 saturated heterocycles. The van der Waals surface area contributed by atoms with Gasteiger partial charge in [0.15, 0.2) is 0 Å². The van der Waals surface area contributed by atoms with E-state index in [9.17, 15) is 14.7 Å². The summed E-state index contributed by atoms with van der Waals surface area (Å²) in [4.78, 5) is 27.7. The van der Waals surface area contributed by atoms with Crippen LogP contribution in [0.15, 0.2) is 0 Å². The monoisotopic (exact) mass is 299 g/mol. The lowest BCUT2D eigenvalue weighted by atomic mass is 9.99. The molecule has 0 aromatic carbocycles. The molecule has 0 radical (unpaired) electrons. The minimum absolute atomic E-state index is 0.0185. The van der Waals surface area contributed by atoms with Crippen LogP contribution in [0, 0.1) is 5.92 Å². The molecule has 2 amide bonds. The number of rotatable bonds is 7. The van der Waals surface area contributed by atoms with Crippen molar-refractivity contribution in [2.75, 3.05) is 39.3 Å².